The van der Waals surface area contributed by atoms with Gasteiger partial charge in [0.1, 0.15) is 6.26 Å². The monoisotopic (exact) mass is 278 g/mol. The molecule has 0 aliphatic rings. The lowest BCUT2D eigenvalue weighted by Crippen LogP contribution is -2.03. The van der Waals surface area contributed by atoms with E-state index in [1.54, 1.807) is 6.08 Å². The van der Waals surface area contributed by atoms with Crippen molar-refractivity contribution in [2.45, 2.75) is 12.6 Å². The van der Waals surface area contributed by atoms with Crippen LogP contribution in [-0.2, 0) is 12.6 Å². The lowest BCUT2D eigenvalue weighted by Gasteiger charge is -2.05. The smallest absolute Gasteiger partial charge is 0.416 e. The molecule has 0 fully saturated rings. The molecule has 0 N–H and O–H groups in total. The highest BCUT2D eigenvalue weighted by molar-refractivity contribution is 5.66. The second kappa shape index (κ2) is 5.61. The van der Waals surface area contributed by atoms with Crippen LogP contribution in [0.5, 0.6) is 0 Å². The summed E-state index contributed by atoms with van der Waals surface area (Å²) in [7, 11) is 0. The maximum absolute atomic E-state index is 12.4. The van der Waals surface area contributed by atoms with Crippen LogP contribution in [0.1, 0.15) is 22.7 Å². The molecule has 0 radical (unpaired) electrons. The van der Waals surface area contributed by atoms with Crippen LogP contribution < -0.4 is 0 Å². The van der Waals surface area contributed by atoms with Crippen LogP contribution in [0.4, 0.5) is 13.2 Å². The van der Waals surface area contributed by atoms with E-state index >= 15 is 0 Å². The molecular formula is C14H9F3N2O. The number of alkyl halides is 3. The Bertz CT molecular complexity index is 648. The Morgan fingerprint density at radius 1 is 1.20 bits per heavy atom. The molecular weight excluding hydrogens is 269 g/mol. The predicted octanol–water partition coefficient (Wildman–Crippen LogP) is 3.93. The standard InChI is InChI=1S/C14H9F3N2O/c15-14(16,17)11-4-1-10(2-5-11)3-6-13-19-12(7-8-18)9-20-13/h1-6,9H,7H2/b6-3+. The van der Waals surface area contributed by atoms with Crippen LogP contribution in [0.2, 0.25) is 0 Å². The average Bonchev–Trinajstić information content (AvgIpc) is 2.84. The lowest BCUT2D eigenvalue weighted by atomic mass is 10.1. The summed E-state index contributed by atoms with van der Waals surface area (Å²) in [4.78, 5) is 4.02. The maximum Gasteiger partial charge on any atom is 0.416 e. The molecule has 0 atom stereocenters. The van der Waals surface area contributed by atoms with Gasteiger partial charge in [0, 0.05) is 6.08 Å². The van der Waals surface area contributed by atoms with Gasteiger partial charge in [-0.2, -0.15) is 18.4 Å². The summed E-state index contributed by atoms with van der Waals surface area (Å²) in [6, 6.07) is 6.68. The third-order valence-electron chi connectivity index (χ3n) is 2.49. The number of oxazole rings is 1. The van der Waals surface area contributed by atoms with Gasteiger partial charge in [-0.3, -0.25) is 0 Å². The normalized spacial score (nSPS) is 11.7. The Hall–Kier alpha value is -2.55. The molecule has 2 rings (SSSR count). The Labute approximate surface area is 113 Å². The van der Waals surface area contributed by atoms with Crippen molar-refractivity contribution in [2.75, 3.05) is 0 Å². The Balaban J connectivity index is 2.09. The quantitative estimate of drug-likeness (QED) is 0.854. The van der Waals surface area contributed by atoms with Gasteiger partial charge >= 0.3 is 6.18 Å². The van der Waals surface area contributed by atoms with Crippen LogP contribution in [-0.4, -0.2) is 4.98 Å². The van der Waals surface area contributed by atoms with E-state index in [2.05, 4.69) is 4.98 Å². The van der Waals surface area contributed by atoms with Gasteiger partial charge < -0.3 is 4.42 Å². The first kappa shape index (κ1) is 13.9. The van der Waals surface area contributed by atoms with Gasteiger partial charge in [0.05, 0.1) is 23.7 Å². The van der Waals surface area contributed by atoms with E-state index in [4.69, 9.17) is 9.68 Å². The van der Waals surface area contributed by atoms with Crippen molar-refractivity contribution in [3.63, 3.8) is 0 Å². The summed E-state index contributed by atoms with van der Waals surface area (Å²) < 4.78 is 42.2. The second-order valence-corrected chi connectivity index (χ2v) is 3.97. The Morgan fingerprint density at radius 3 is 2.50 bits per heavy atom. The van der Waals surface area contributed by atoms with E-state index in [9.17, 15) is 13.2 Å². The summed E-state index contributed by atoms with van der Waals surface area (Å²) in [6.45, 7) is 0. The molecule has 0 bridgehead atoms. The molecule has 1 aromatic carbocycles. The summed E-state index contributed by atoms with van der Waals surface area (Å²) >= 11 is 0. The van der Waals surface area contributed by atoms with E-state index in [0.717, 1.165) is 12.1 Å². The van der Waals surface area contributed by atoms with Crippen LogP contribution >= 0.6 is 0 Å². The van der Waals surface area contributed by atoms with E-state index in [0.29, 0.717) is 17.1 Å². The van der Waals surface area contributed by atoms with Crippen LogP contribution in [0, 0.1) is 11.3 Å². The molecule has 20 heavy (non-hydrogen) atoms. The fourth-order valence-corrected chi connectivity index (χ4v) is 1.51. The number of hydrogen-bond acceptors (Lipinski definition) is 3. The minimum absolute atomic E-state index is 0.150. The zero-order chi connectivity index (χ0) is 14.6. The predicted molar refractivity (Wildman–Crippen MR) is 66.2 cm³/mol. The molecule has 0 saturated heterocycles. The van der Waals surface area contributed by atoms with Crippen molar-refractivity contribution < 1.29 is 17.6 Å². The topological polar surface area (TPSA) is 49.8 Å². The van der Waals surface area contributed by atoms with Crippen molar-refractivity contribution in [1.29, 1.82) is 5.26 Å². The number of aromatic nitrogens is 1. The Morgan fingerprint density at radius 2 is 1.90 bits per heavy atom. The van der Waals surface area contributed by atoms with Gasteiger partial charge in [-0.15, -0.1) is 0 Å². The molecule has 2 aromatic rings. The SMILES string of the molecule is N#CCc1coc(/C=C/c2ccc(C(F)(F)F)cc2)n1. The van der Waals surface area contributed by atoms with Crippen LogP contribution in [0.3, 0.4) is 0 Å². The summed E-state index contributed by atoms with van der Waals surface area (Å²) in [5, 5.41) is 8.49. The van der Waals surface area contributed by atoms with Crippen molar-refractivity contribution in [3.05, 3.63) is 53.2 Å². The second-order valence-electron chi connectivity index (χ2n) is 3.97. The lowest BCUT2D eigenvalue weighted by molar-refractivity contribution is -0.137. The molecule has 0 amide bonds. The first-order chi connectivity index (χ1) is 9.49. The zero-order valence-electron chi connectivity index (χ0n) is 10.2. The van der Waals surface area contributed by atoms with Gasteiger partial charge in [0.15, 0.2) is 0 Å². The molecule has 0 saturated carbocycles. The van der Waals surface area contributed by atoms with Crippen molar-refractivity contribution in [1.82, 2.24) is 4.98 Å². The molecule has 0 unspecified atom stereocenters. The van der Waals surface area contributed by atoms with E-state index in [1.807, 2.05) is 6.07 Å². The number of rotatable bonds is 3. The third-order valence-corrected chi connectivity index (χ3v) is 2.49. The van der Waals surface area contributed by atoms with Gasteiger partial charge in [-0.25, -0.2) is 4.98 Å². The third kappa shape index (κ3) is 3.48. The Kier molecular flexibility index (Phi) is 3.89. The largest absolute Gasteiger partial charge is 0.445 e. The minimum Gasteiger partial charge on any atom is -0.445 e. The number of nitrogens with zero attached hydrogens (tertiary/aromatic N) is 2. The van der Waals surface area contributed by atoms with E-state index < -0.39 is 11.7 Å². The fourth-order valence-electron chi connectivity index (χ4n) is 1.51. The number of halogens is 3. The summed E-state index contributed by atoms with van der Waals surface area (Å²) in [5.74, 6) is 0.301. The molecule has 102 valence electrons. The average molecular weight is 278 g/mol. The molecule has 0 aliphatic heterocycles. The van der Waals surface area contributed by atoms with Crippen molar-refractivity contribution in [2.24, 2.45) is 0 Å². The van der Waals surface area contributed by atoms with Gasteiger partial charge in [-0.05, 0) is 23.8 Å². The van der Waals surface area contributed by atoms with E-state index in [1.165, 1.54) is 24.5 Å². The minimum atomic E-state index is -4.34. The van der Waals surface area contributed by atoms with Crippen molar-refractivity contribution >= 4 is 12.2 Å². The molecule has 1 heterocycles. The number of nitriles is 1. The molecule has 0 aliphatic carbocycles. The molecule has 1 aromatic heterocycles. The first-order valence-corrected chi connectivity index (χ1v) is 5.66. The summed E-state index contributed by atoms with van der Waals surface area (Å²) in [5.41, 5.74) is 0.416. The van der Waals surface area contributed by atoms with Crippen LogP contribution in [0.15, 0.2) is 34.9 Å². The molecule has 6 heteroatoms. The molecule has 3 nitrogen and oxygen atoms in total. The van der Waals surface area contributed by atoms with E-state index in [-0.39, 0.29) is 6.42 Å². The highest BCUT2D eigenvalue weighted by atomic mass is 19.4. The highest BCUT2D eigenvalue weighted by Crippen LogP contribution is 2.29. The number of hydrogen-bond donors (Lipinski definition) is 0. The summed E-state index contributed by atoms with van der Waals surface area (Å²) in [6.07, 6.45) is 0.301. The van der Waals surface area contributed by atoms with Crippen molar-refractivity contribution in [3.8, 4) is 6.07 Å². The highest BCUT2D eigenvalue weighted by Gasteiger charge is 2.29. The number of benzene rings is 1. The first-order valence-electron chi connectivity index (χ1n) is 5.66. The van der Waals surface area contributed by atoms with Gasteiger partial charge in [0.25, 0.3) is 0 Å². The maximum atomic E-state index is 12.4. The zero-order valence-corrected chi connectivity index (χ0v) is 10.2. The van der Waals surface area contributed by atoms with Gasteiger partial charge in [0.2, 0.25) is 5.89 Å². The molecule has 0 spiro atoms. The van der Waals surface area contributed by atoms with Crippen LogP contribution in [0.25, 0.3) is 12.2 Å². The fraction of sp³-hybridized carbons (Fsp3) is 0.143. The van der Waals surface area contributed by atoms with Gasteiger partial charge in [-0.1, -0.05) is 12.1 Å².